The number of aryl methyl sites for hydroxylation is 2. The minimum Gasteiger partial charge on any atom is -0.156 e. The highest BCUT2D eigenvalue weighted by molar-refractivity contribution is 5.42. The van der Waals surface area contributed by atoms with Crippen LogP contribution in [-0.4, -0.2) is 0 Å². The van der Waals surface area contributed by atoms with Gasteiger partial charge in [0.15, 0.2) is 5.69 Å². The van der Waals surface area contributed by atoms with Gasteiger partial charge in [-0.05, 0) is 13.8 Å². The fourth-order valence-electron chi connectivity index (χ4n) is 1.91. The molecule has 0 unspecified atom stereocenters. The molecule has 2 rings (SSSR count). The number of quaternary nitrogens is 1. The van der Waals surface area contributed by atoms with Crippen LogP contribution in [0.25, 0.3) is 0 Å². The van der Waals surface area contributed by atoms with E-state index in [0.29, 0.717) is 6.54 Å². The molecule has 0 bridgehead atoms. The Hall–Kier alpha value is -1.68. The molecule has 0 radical (unpaired) electrons. The molecule has 3 heteroatoms. The average Bonchev–Trinajstić information content (AvgIpc) is 2.32. The number of nitrogens with two attached hydrogens (primary N) is 2. The Bertz CT molecular complexity index is 512. The lowest BCUT2D eigenvalue weighted by molar-refractivity contribution is 0.282. The molecule has 0 atom stereocenters. The molecule has 94 valence electrons. The van der Waals surface area contributed by atoms with Gasteiger partial charge in [0.2, 0.25) is 0 Å². The van der Waals surface area contributed by atoms with Gasteiger partial charge < -0.3 is 0 Å². The van der Waals surface area contributed by atoms with Crippen LogP contribution in [0.15, 0.2) is 48.5 Å². The molecule has 0 aliphatic heterocycles. The molecule has 0 heterocycles. The van der Waals surface area contributed by atoms with E-state index in [-0.39, 0.29) is 4.70 Å². The van der Waals surface area contributed by atoms with Crippen LogP contribution < -0.4 is 16.4 Å². The summed E-state index contributed by atoms with van der Waals surface area (Å²) in [6.45, 7) is 4.69. The Labute approximate surface area is 108 Å². The van der Waals surface area contributed by atoms with Gasteiger partial charge in [-0.1, -0.05) is 47.5 Å². The number of rotatable bonds is 3. The molecule has 4 N–H and O–H groups in total. The third kappa shape index (κ3) is 2.96. The van der Waals surface area contributed by atoms with E-state index >= 15 is 0 Å². The van der Waals surface area contributed by atoms with Gasteiger partial charge >= 0.3 is 0 Å². The Morgan fingerprint density at radius 2 is 1.22 bits per heavy atom. The minimum absolute atomic E-state index is 0.122. The highest BCUT2D eigenvalue weighted by Crippen LogP contribution is 2.18. The van der Waals surface area contributed by atoms with Crippen LogP contribution in [0.4, 0.5) is 5.69 Å². The summed E-state index contributed by atoms with van der Waals surface area (Å²) in [5, 5.41) is 0. The quantitative estimate of drug-likeness (QED) is 0.494. The fourth-order valence-corrected chi connectivity index (χ4v) is 1.91. The molecule has 0 saturated carbocycles. The van der Waals surface area contributed by atoms with Gasteiger partial charge in [0, 0.05) is 17.7 Å². The normalized spacial score (nSPS) is 11.6. The van der Waals surface area contributed by atoms with E-state index in [4.69, 9.17) is 11.7 Å². The van der Waals surface area contributed by atoms with Gasteiger partial charge in [-0.15, -0.1) is 4.70 Å². The maximum atomic E-state index is 6.17. The molecule has 0 aromatic heterocycles. The third-order valence-electron chi connectivity index (χ3n) is 3.08. The van der Waals surface area contributed by atoms with Gasteiger partial charge in [-0.2, -0.15) is 11.7 Å². The monoisotopic (exact) mass is 242 g/mol. The summed E-state index contributed by atoms with van der Waals surface area (Å²) < 4.78 is -0.122. The van der Waals surface area contributed by atoms with Crippen molar-refractivity contribution in [2.24, 2.45) is 11.7 Å². The zero-order valence-corrected chi connectivity index (χ0v) is 10.9. The molecule has 2 aromatic rings. The van der Waals surface area contributed by atoms with Crippen molar-refractivity contribution < 1.29 is 0 Å². The predicted octanol–water partition coefficient (Wildman–Crippen LogP) is 2.56. The lowest BCUT2D eigenvalue weighted by atomic mass is 10.1. The molecule has 3 nitrogen and oxygen atoms in total. The molecule has 0 fully saturated rings. The van der Waals surface area contributed by atoms with Gasteiger partial charge in [-0.3, -0.25) is 0 Å². The summed E-state index contributed by atoms with van der Waals surface area (Å²) in [7, 11) is 0. The van der Waals surface area contributed by atoms with Gasteiger partial charge in [0.05, 0.1) is 0 Å². The van der Waals surface area contributed by atoms with Gasteiger partial charge in [-0.25, -0.2) is 0 Å². The zero-order valence-electron chi connectivity index (χ0n) is 10.9. The SMILES string of the molecule is Cc1ccc(C[N+](N)(N)c2ccc(C)cc2)cc1. The van der Waals surface area contributed by atoms with Crippen molar-refractivity contribution in [2.45, 2.75) is 20.4 Å². The predicted molar refractivity (Wildman–Crippen MR) is 76.2 cm³/mol. The summed E-state index contributed by atoms with van der Waals surface area (Å²) >= 11 is 0. The molecular formula is C15H20N3+. The molecular weight excluding hydrogens is 222 g/mol. The number of hydrogen-bond acceptors (Lipinski definition) is 2. The number of benzene rings is 2. The Balaban J connectivity index is 2.20. The number of hydrogen-bond donors (Lipinski definition) is 2. The first kappa shape index (κ1) is 12.8. The largest absolute Gasteiger partial charge is 0.171 e. The number of nitrogens with zero attached hydrogens (tertiary/aromatic N) is 1. The van der Waals surface area contributed by atoms with Crippen LogP contribution in [0, 0.1) is 13.8 Å². The topological polar surface area (TPSA) is 52.0 Å². The molecule has 0 aliphatic carbocycles. The second-order valence-corrected chi connectivity index (χ2v) is 4.91. The maximum absolute atomic E-state index is 6.17. The molecule has 0 saturated heterocycles. The Kier molecular flexibility index (Phi) is 3.48. The van der Waals surface area contributed by atoms with Crippen molar-refractivity contribution in [1.82, 2.24) is 4.70 Å². The standard InChI is InChI=1S/C15H20N3/c1-12-3-7-14(8-4-12)11-18(16,17)15-9-5-13(2)6-10-15/h3-10H,11,16-17H2,1-2H3/q+1. The van der Waals surface area contributed by atoms with E-state index in [1.807, 2.05) is 31.2 Å². The van der Waals surface area contributed by atoms with Crippen molar-refractivity contribution in [2.75, 3.05) is 0 Å². The highest BCUT2D eigenvalue weighted by atomic mass is 15.7. The van der Waals surface area contributed by atoms with Crippen LogP contribution in [0.1, 0.15) is 16.7 Å². The molecule has 2 aromatic carbocycles. The van der Waals surface area contributed by atoms with Crippen molar-refractivity contribution in [3.63, 3.8) is 0 Å². The van der Waals surface area contributed by atoms with Crippen molar-refractivity contribution >= 4 is 5.69 Å². The van der Waals surface area contributed by atoms with E-state index in [1.165, 1.54) is 11.1 Å². The van der Waals surface area contributed by atoms with E-state index in [2.05, 4.69) is 31.2 Å². The molecule has 18 heavy (non-hydrogen) atoms. The summed E-state index contributed by atoms with van der Waals surface area (Å²) in [6.07, 6.45) is 0. The second-order valence-electron chi connectivity index (χ2n) is 4.91. The van der Waals surface area contributed by atoms with E-state index < -0.39 is 0 Å². The van der Waals surface area contributed by atoms with Crippen molar-refractivity contribution in [1.29, 1.82) is 0 Å². The van der Waals surface area contributed by atoms with Crippen LogP contribution in [0.3, 0.4) is 0 Å². The smallest absolute Gasteiger partial charge is 0.156 e. The first-order valence-electron chi connectivity index (χ1n) is 6.05. The van der Waals surface area contributed by atoms with E-state index in [1.54, 1.807) is 0 Å². The first-order valence-corrected chi connectivity index (χ1v) is 6.05. The molecule has 0 spiro atoms. The minimum atomic E-state index is -0.122. The Morgan fingerprint density at radius 3 is 1.72 bits per heavy atom. The summed E-state index contributed by atoms with van der Waals surface area (Å²) in [5.74, 6) is 12.3. The molecule has 0 amide bonds. The fraction of sp³-hybridized carbons (Fsp3) is 0.200. The van der Waals surface area contributed by atoms with Crippen LogP contribution >= 0.6 is 0 Å². The van der Waals surface area contributed by atoms with E-state index in [0.717, 1.165) is 11.3 Å². The van der Waals surface area contributed by atoms with Gasteiger partial charge in [0.25, 0.3) is 0 Å². The molecule has 0 aliphatic rings. The zero-order chi connectivity index (χ0) is 13.2. The first-order chi connectivity index (χ1) is 8.47. The second kappa shape index (κ2) is 4.90. The highest BCUT2D eigenvalue weighted by Gasteiger charge is 2.22. The Morgan fingerprint density at radius 1 is 0.778 bits per heavy atom. The van der Waals surface area contributed by atoms with Crippen LogP contribution in [-0.2, 0) is 6.54 Å². The van der Waals surface area contributed by atoms with E-state index in [9.17, 15) is 0 Å². The summed E-state index contributed by atoms with van der Waals surface area (Å²) in [4.78, 5) is 0. The van der Waals surface area contributed by atoms with Crippen LogP contribution in [0.2, 0.25) is 0 Å². The van der Waals surface area contributed by atoms with Crippen molar-refractivity contribution in [3.8, 4) is 0 Å². The third-order valence-corrected chi connectivity index (χ3v) is 3.08. The summed E-state index contributed by atoms with van der Waals surface area (Å²) in [5.41, 5.74) is 4.47. The maximum Gasteiger partial charge on any atom is 0.171 e. The average molecular weight is 242 g/mol. The summed E-state index contributed by atoms with van der Waals surface area (Å²) in [6, 6.07) is 16.3. The van der Waals surface area contributed by atoms with Crippen LogP contribution in [0.5, 0.6) is 0 Å². The van der Waals surface area contributed by atoms with Gasteiger partial charge in [0.1, 0.15) is 6.54 Å². The lowest BCUT2D eigenvalue weighted by Gasteiger charge is -2.26. The van der Waals surface area contributed by atoms with Crippen molar-refractivity contribution in [3.05, 3.63) is 65.2 Å². The lowest BCUT2D eigenvalue weighted by Crippen LogP contribution is -2.61.